The molecule has 6 nitrogen and oxygen atoms in total. The van der Waals surface area contributed by atoms with Crippen molar-refractivity contribution in [1.82, 2.24) is 9.97 Å². The highest BCUT2D eigenvalue weighted by Gasteiger charge is 2.08. The van der Waals surface area contributed by atoms with E-state index in [4.69, 9.17) is 10.8 Å². The molecule has 92 valence electrons. The number of nitrogens with two attached hydrogens (primary N) is 1. The fraction of sp³-hybridized carbons (Fsp3) is 0.0833. The summed E-state index contributed by atoms with van der Waals surface area (Å²) in [5.41, 5.74) is 6.64. The van der Waals surface area contributed by atoms with Crippen molar-refractivity contribution < 1.29 is 9.90 Å². The van der Waals surface area contributed by atoms with E-state index in [2.05, 4.69) is 15.3 Å². The van der Waals surface area contributed by atoms with Gasteiger partial charge >= 0.3 is 0 Å². The highest BCUT2D eigenvalue weighted by Crippen LogP contribution is 2.17. The van der Waals surface area contributed by atoms with Gasteiger partial charge in [-0.25, -0.2) is 9.97 Å². The molecule has 0 aliphatic carbocycles. The van der Waals surface area contributed by atoms with Gasteiger partial charge < -0.3 is 16.2 Å². The lowest BCUT2D eigenvalue weighted by molar-refractivity contribution is 0.100. The lowest BCUT2D eigenvalue weighted by Crippen LogP contribution is -2.13. The number of rotatable bonds is 4. The molecule has 0 bridgehead atoms. The molecule has 1 amide bonds. The summed E-state index contributed by atoms with van der Waals surface area (Å²) in [5.74, 6) is -0.230. The summed E-state index contributed by atoms with van der Waals surface area (Å²) >= 11 is 0. The SMILES string of the molecule is NC(=O)c1ccccc1Nc1nccc(CO)n1. The van der Waals surface area contributed by atoms with E-state index in [0.29, 0.717) is 22.9 Å². The van der Waals surface area contributed by atoms with Gasteiger partial charge in [0, 0.05) is 6.20 Å². The number of benzene rings is 1. The van der Waals surface area contributed by atoms with E-state index in [-0.39, 0.29) is 6.61 Å². The molecule has 0 radical (unpaired) electrons. The van der Waals surface area contributed by atoms with Crippen LogP contribution in [0.3, 0.4) is 0 Å². The number of hydrogen-bond acceptors (Lipinski definition) is 5. The summed E-state index contributed by atoms with van der Waals surface area (Å²) in [6, 6.07) is 8.40. The number of aliphatic hydroxyl groups excluding tert-OH is 1. The number of nitrogens with one attached hydrogen (secondary N) is 1. The minimum absolute atomic E-state index is 0.172. The first-order valence-corrected chi connectivity index (χ1v) is 5.29. The number of amides is 1. The highest BCUT2D eigenvalue weighted by molar-refractivity contribution is 5.98. The van der Waals surface area contributed by atoms with Gasteiger partial charge in [0.1, 0.15) is 0 Å². The third-order valence-electron chi connectivity index (χ3n) is 2.31. The van der Waals surface area contributed by atoms with Crippen LogP contribution in [0.1, 0.15) is 16.1 Å². The van der Waals surface area contributed by atoms with Gasteiger partial charge in [0.25, 0.3) is 5.91 Å². The van der Waals surface area contributed by atoms with Crippen LogP contribution in [0.4, 0.5) is 11.6 Å². The predicted molar refractivity (Wildman–Crippen MR) is 66.2 cm³/mol. The largest absolute Gasteiger partial charge is 0.390 e. The molecule has 4 N–H and O–H groups in total. The van der Waals surface area contributed by atoms with E-state index in [0.717, 1.165) is 0 Å². The number of hydrogen-bond donors (Lipinski definition) is 3. The summed E-state index contributed by atoms with van der Waals surface area (Å²) in [4.78, 5) is 19.3. The second kappa shape index (κ2) is 5.24. The number of carbonyl (C=O) groups excluding carboxylic acids is 1. The Hall–Kier alpha value is -2.47. The zero-order valence-corrected chi connectivity index (χ0v) is 9.50. The summed E-state index contributed by atoms with van der Waals surface area (Å²) in [6.07, 6.45) is 1.52. The Labute approximate surface area is 104 Å². The quantitative estimate of drug-likeness (QED) is 0.738. The van der Waals surface area contributed by atoms with Crippen molar-refractivity contribution >= 4 is 17.5 Å². The number of nitrogens with zero attached hydrogens (tertiary/aromatic N) is 2. The first-order chi connectivity index (χ1) is 8.70. The van der Waals surface area contributed by atoms with Crippen LogP contribution in [0.25, 0.3) is 0 Å². The summed E-state index contributed by atoms with van der Waals surface area (Å²) < 4.78 is 0. The molecule has 2 aromatic rings. The predicted octanol–water partition coefficient (Wildman–Crippen LogP) is 0.811. The Bertz CT molecular complexity index is 572. The zero-order valence-electron chi connectivity index (χ0n) is 9.50. The van der Waals surface area contributed by atoms with E-state index < -0.39 is 5.91 Å². The van der Waals surface area contributed by atoms with Gasteiger partial charge in [0.2, 0.25) is 5.95 Å². The minimum atomic E-state index is -0.531. The minimum Gasteiger partial charge on any atom is -0.390 e. The van der Waals surface area contributed by atoms with Gasteiger partial charge in [-0.2, -0.15) is 0 Å². The van der Waals surface area contributed by atoms with Gasteiger partial charge in [-0.3, -0.25) is 4.79 Å². The molecule has 0 unspecified atom stereocenters. The molecule has 0 spiro atoms. The number of para-hydroxylation sites is 1. The lowest BCUT2D eigenvalue weighted by Gasteiger charge is -2.08. The number of aromatic nitrogens is 2. The molecular weight excluding hydrogens is 232 g/mol. The van der Waals surface area contributed by atoms with Crippen LogP contribution in [0.2, 0.25) is 0 Å². The fourth-order valence-electron chi connectivity index (χ4n) is 1.47. The number of carbonyl (C=O) groups is 1. The maximum Gasteiger partial charge on any atom is 0.250 e. The zero-order chi connectivity index (χ0) is 13.0. The molecule has 0 saturated carbocycles. The Morgan fingerprint density at radius 2 is 2.11 bits per heavy atom. The normalized spacial score (nSPS) is 10.1. The molecule has 0 atom stereocenters. The summed E-state index contributed by atoms with van der Waals surface area (Å²) in [6.45, 7) is -0.172. The Morgan fingerprint density at radius 1 is 1.33 bits per heavy atom. The van der Waals surface area contributed by atoms with Gasteiger partial charge in [-0.05, 0) is 18.2 Å². The lowest BCUT2D eigenvalue weighted by atomic mass is 10.1. The summed E-state index contributed by atoms with van der Waals surface area (Å²) in [5, 5.41) is 11.9. The van der Waals surface area contributed by atoms with Gasteiger partial charge in [0.05, 0.1) is 23.6 Å². The van der Waals surface area contributed by atoms with Gasteiger partial charge in [-0.15, -0.1) is 0 Å². The third kappa shape index (κ3) is 2.61. The molecule has 0 aliphatic heterocycles. The maximum absolute atomic E-state index is 11.2. The Kier molecular flexibility index (Phi) is 3.49. The molecule has 6 heteroatoms. The van der Waals surface area contributed by atoms with Crippen molar-refractivity contribution in [2.24, 2.45) is 5.73 Å². The van der Waals surface area contributed by atoms with E-state index in [1.54, 1.807) is 30.3 Å². The Balaban J connectivity index is 2.31. The highest BCUT2D eigenvalue weighted by atomic mass is 16.3. The second-order valence-corrected chi connectivity index (χ2v) is 3.56. The molecule has 1 aromatic heterocycles. The van der Waals surface area contributed by atoms with E-state index >= 15 is 0 Å². The van der Waals surface area contributed by atoms with Crippen LogP contribution in [-0.2, 0) is 6.61 Å². The molecule has 1 heterocycles. The fourth-order valence-corrected chi connectivity index (χ4v) is 1.47. The molecule has 2 rings (SSSR count). The van der Waals surface area contributed by atoms with Crippen molar-refractivity contribution in [2.45, 2.75) is 6.61 Å². The van der Waals surface area contributed by atoms with Crippen LogP contribution in [0.5, 0.6) is 0 Å². The molecule has 0 saturated heterocycles. The first kappa shape index (κ1) is 12.0. The van der Waals surface area contributed by atoms with Crippen molar-refractivity contribution in [1.29, 1.82) is 0 Å². The number of primary amides is 1. The van der Waals surface area contributed by atoms with Crippen LogP contribution in [0, 0.1) is 0 Å². The Morgan fingerprint density at radius 3 is 2.83 bits per heavy atom. The summed E-state index contributed by atoms with van der Waals surface area (Å²) in [7, 11) is 0. The second-order valence-electron chi connectivity index (χ2n) is 3.56. The van der Waals surface area contributed by atoms with Crippen molar-refractivity contribution in [3.63, 3.8) is 0 Å². The molecule has 18 heavy (non-hydrogen) atoms. The van der Waals surface area contributed by atoms with Crippen molar-refractivity contribution in [2.75, 3.05) is 5.32 Å². The molecule has 1 aromatic carbocycles. The van der Waals surface area contributed by atoms with Crippen LogP contribution >= 0.6 is 0 Å². The molecule has 0 aliphatic rings. The van der Waals surface area contributed by atoms with Crippen LogP contribution in [0.15, 0.2) is 36.5 Å². The number of aliphatic hydroxyl groups is 1. The average molecular weight is 244 g/mol. The number of anilines is 2. The standard InChI is InChI=1S/C12H12N4O2/c13-11(18)9-3-1-2-4-10(9)16-12-14-6-5-8(7-17)15-12/h1-6,17H,7H2,(H2,13,18)(H,14,15,16). The first-order valence-electron chi connectivity index (χ1n) is 5.29. The van der Waals surface area contributed by atoms with Gasteiger partial charge in [-0.1, -0.05) is 12.1 Å². The van der Waals surface area contributed by atoms with Crippen LogP contribution < -0.4 is 11.1 Å². The smallest absolute Gasteiger partial charge is 0.250 e. The monoisotopic (exact) mass is 244 g/mol. The third-order valence-corrected chi connectivity index (χ3v) is 2.31. The molecule has 0 fully saturated rings. The maximum atomic E-state index is 11.2. The van der Waals surface area contributed by atoms with E-state index in [1.165, 1.54) is 6.20 Å². The van der Waals surface area contributed by atoms with E-state index in [9.17, 15) is 4.79 Å². The molecular formula is C12H12N4O2. The average Bonchev–Trinajstić information content (AvgIpc) is 2.39. The van der Waals surface area contributed by atoms with Crippen molar-refractivity contribution in [3.05, 3.63) is 47.8 Å². The van der Waals surface area contributed by atoms with Gasteiger partial charge in [0.15, 0.2) is 0 Å². The van der Waals surface area contributed by atoms with Crippen molar-refractivity contribution in [3.8, 4) is 0 Å². The van der Waals surface area contributed by atoms with E-state index in [1.807, 2.05) is 0 Å². The topological polar surface area (TPSA) is 101 Å². The van der Waals surface area contributed by atoms with Crippen LogP contribution in [-0.4, -0.2) is 21.0 Å².